The van der Waals surface area contributed by atoms with Crippen LogP contribution in [-0.2, 0) is 5.54 Å². The van der Waals surface area contributed by atoms with Crippen molar-refractivity contribution in [3.63, 3.8) is 0 Å². The fourth-order valence-electron chi connectivity index (χ4n) is 1.93. The van der Waals surface area contributed by atoms with Gasteiger partial charge in [-0.3, -0.25) is 0 Å². The van der Waals surface area contributed by atoms with Crippen LogP contribution in [0.1, 0.15) is 50.2 Å². The highest BCUT2D eigenvalue weighted by molar-refractivity contribution is 7.09. The summed E-state index contributed by atoms with van der Waals surface area (Å²) in [5.74, 6) is 0. The second kappa shape index (κ2) is 4.22. The van der Waals surface area contributed by atoms with Crippen molar-refractivity contribution in [2.75, 3.05) is 0 Å². The Kier molecular flexibility index (Phi) is 3.12. The number of aryl methyl sites for hydroxylation is 1. The molecule has 1 aromatic rings. The lowest BCUT2D eigenvalue weighted by molar-refractivity contribution is 0.233. The summed E-state index contributed by atoms with van der Waals surface area (Å²) >= 11 is 1.78. The highest BCUT2D eigenvalue weighted by Crippen LogP contribution is 2.31. The van der Waals surface area contributed by atoms with Gasteiger partial charge in [-0.15, -0.1) is 11.3 Å². The second-order valence-electron chi connectivity index (χ2n) is 4.75. The molecule has 1 aliphatic carbocycles. The van der Waals surface area contributed by atoms with Gasteiger partial charge in [0.05, 0.1) is 5.54 Å². The van der Waals surface area contributed by atoms with Crippen molar-refractivity contribution in [1.29, 1.82) is 0 Å². The largest absolute Gasteiger partial charge is 0.303 e. The van der Waals surface area contributed by atoms with Crippen LogP contribution in [0.3, 0.4) is 0 Å². The number of thiazole rings is 1. The second-order valence-corrected chi connectivity index (χ2v) is 5.61. The number of aromatic nitrogens is 1. The lowest BCUT2D eigenvalue weighted by atomic mass is 9.88. The minimum absolute atomic E-state index is 0.0873. The van der Waals surface area contributed by atoms with Crippen LogP contribution in [-0.4, -0.2) is 11.0 Å². The Balaban J connectivity index is 2.12. The molecule has 1 unspecified atom stereocenters. The van der Waals surface area contributed by atoms with E-state index < -0.39 is 0 Å². The molecule has 1 aliphatic rings. The van der Waals surface area contributed by atoms with Crippen molar-refractivity contribution in [2.24, 2.45) is 0 Å². The molecule has 0 saturated heterocycles. The first-order chi connectivity index (χ1) is 7.14. The maximum absolute atomic E-state index is 4.62. The van der Waals surface area contributed by atoms with Gasteiger partial charge < -0.3 is 5.32 Å². The van der Waals surface area contributed by atoms with E-state index in [-0.39, 0.29) is 5.54 Å². The van der Waals surface area contributed by atoms with Crippen LogP contribution in [0.15, 0.2) is 5.38 Å². The minimum atomic E-state index is 0.0873. The van der Waals surface area contributed by atoms with Crippen molar-refractivity contribution in [3.05, 3.63) is 16.1 Å². The molecular weight excluding hydrogens is 204 g/mol. The predicted octanol–water partition coefficient (Wildman–Crippen LogP) is 3.22. The molecule has 2 nitrogen and oxygen atoms in total. The van der Waals surface area contributed by atoms with Crippen molar-refractivity contribution < 1.29 is 0 Å². The first-order valence-electron chi connectivity index (χ1n) is 5.84. The molecule has 2 rings (SSSR count). The van der Waals surface area contributed by atoms with Crippen molar-refractivity contribution >= 4 is 11.3 Å². The van der Waals surface area contributed by atoms with Gasteiger partial charge in [0.15, 0.2) is 0 Å². The summed E-state index contributed by atoms with van der Waals surface area (Å²) in [5, 5.41) is 7.15. The van der Waals surface area contributed by atoms with Crippen LogP contribution in [0.2, 0.25) is 0 Å². The van der Waals surface area contributed by atoms with E-state index in [1.807, 2.05) is 0 Å². The van der Waals surface area contributed by atoms with Crippen molar-refractivity contribution in [1.82, 2.24) is 10.3 Å². The first-order valence-corrected chi connectivity index (χ1v) is 6.72. The van der Waals surface area contributed by atoms with Gasteiger partial charge in [0.2, 0.25) is 0 Å². The Labute approximate surface area is 96.1 Å². The summed E-state index contributed by atoms with van der Waals surface area (Å²) < 4.78 is 0. The number of hydrogen-bond donors (Lipinski definition) is 1. The van der Waals surface area contributed by atoms with E-state index in [4.69, 9.17) is 0 Å². The number of nitrogens with one attached hydrogen (secondary N) is 1. The standard InChI is InChI=1S/C12H20N2S/c1-4-12(3,14-10-6-5-7-10)11-13-9(2)8-15-11/h8,10,14H,4-7H2,1-3H3. The summed E-state index contributed by atoms with van der Waals surface area (Å²) in [6.07, 6.45) is 5.16. The van der Waals surface area contributed by atoms with Crippen LogP contribution in [0.25, 0.3) is 0 Å². The molecule has 0 spiro atoms. The van der Waals surface area contributed by atoms with Gasteiger partial charge in [-0.2, -0.15) is 0 Å². The summed E-state index contributed by atoms with van der Waals surface area (Å²) in [7, 11) is 0. The molecule has 1 N–H and O–H groups in total. The Morgan fingerprint density at radius 1 is 1.60 bits per heavy atom. The normalized spacial score (nSPS) is 21.0. The molecule has 1 aromatic heterocycles. The van der Waals surface area contributed by atoms with Gasteiger partial charge in [0, 0.05) is 17.1 Å². The van der Waals surface area contributed by atoms with Crippen molar-refractivity contribution in [2.45, 2.75) is 58.0 Å². The monoisotopic (exact) mass is 224 g/mol. The highest BCUT2D eigenvalue weighted by Gasteiger charge is 2.32. The van der Waals surface area contributed by atoms with Gasteiger partial charge in [-0.1, -0.05) is 13.3 Å². The van der Waals surface area contributed by atoms with Crippen LogP contribution >= 0.6 is 11.3 Å². The molecule has 3 heteroatoms. The molecule has 15 heavy (non-hydrogen) atoms. The summed E-state index contributed by atoms with van der Waals surface area (Å²) in [5.41, 5.74) is 1.23. The van der Waals surface area contributed by atoms with Gasteiger partial charge in [0.25, 0.3) is 0 Å². The molecule has 1 atom stereocenters. The molecule has 0 amide bonds. The van der Waals surface area contributed by atoms with Crippen molar-refractivity contribution in [3.8, 4) is 0 Å². The third-order valence-electron chi connectivity index (χ3n) is 3.43. The molecule has 0 bridgehead atoms. The van der Waals surface area contributed by atoms with Gasteiger partial charge in [-0.25, -0.2) is 4.98 Å². The maximum atomic E-state index is 4.62. The van der Waals surface area contributed by atoms with Gasteiger partial charge in [0.1, 0.15) is 5.01 Å². The van der Waals surface area contributed by atoms with Crippen LogP contribution in [0.5, 0.6) is 0 Å². The number of rotatable bonds is 4. The Hall–Kier alpha value is -0.410. The smallest absolute Gasteiger partial charge is 0.113 e. The zero-order valence-electron chi connectivity index (χ0n) is 9.84. The molecule has 0 aromatic carbocycles. The predicted molar refractivity (Wildman–Crippen MR) is 65.3 cm³/mol. The molecule has 0 radical (unpaired) electrons. The highest BCUT2D eigenvalue weighted by atomic mass is 32.1. The quantitative estimate of drug-likeness (QED) is 0.849. The van der Waals surface area contributed by atoms with E-state index in [9.17, 15) is 0 Å². The van der Waals surface area contributed by atoms with E-state index in [2.05, 4.69) is 36.5 Å². The molecular formula is C12H20N2S. The molecule has 84 valence electrons. The third-order valence-corrected chi connectivity index (χ3v) is 4.65. The van der Waals surface area contributed by atoms with E-state index in [0.717, 1.165) is 18.2 Å². The number of nitrogens with zero attached hydrogens (tertiary/aromatic N) is 1. The van der Waals surface area contributed by atoms with E-state index in [1.165, 1.54) is 24.3 Å². The van der Waals surface area contributed by atoms with E-state index in [1.54, 1.807) is 11.3 Å². The third kappa shape index (κ3) is 2.23. The lowest BCUT2D eigenvalue weighted by Crippen LogP contribution is -2.48. The average molecular weight is 224 g/mol. The van der Waals surface area contributed by atoms with Gasteiger partial charge >= 0.3 is 0 Å². The van der Waals surface area contributed by atoms with Crippen LogP contribution in [0.4, 0.5) is 0 Å². The zero-order valence-corrected chi connectivity index (χ0v) is 10.7. The van der Waals surface area contributed by atoms with E-state index >= 15 is 0 Å². The first kappa shape index (κ1) is 11.1. The summed E-state index contributed by atoms with van der Waals surface area (Å²) in [6.45, 7) is 6.59. The Morgan fingerprint density at radius 2 is 2.33 bits per heavy atom. The fraction of sp³-hybridized carbons (Fsp3) is 0.750. The van der Waals surface area contributed by atoms with Crippen LogP contribution < -0.4 is 5.32 Å². The maximum Gasteiger partial charge on any atom is 0.113 e. The van der Waals surface area contributed by atoms with E-state index in [0.29, 0.717) is 0 Å². The molecule has 1 fully saturated rings. The zero-order chi connectivity index (χ0) is 10.9. The molecule has 1 saturated carbocycles. The topological polar surface area (TPSA) is 24.9 Å². The molecule has 0 aliphatic heterocycles. The number of hydrogen-bond acceptors (Lipinski definition) is 3. The fourth-order valence-corrected chi connectivity index (χ4v) is 2.92. The lowest BCUT2D eigenvalue weighted by Gasteiger charge is -2.37. The minimum Gasteiger partial charge on any atom is -0.303 e. The summed E-state index contributed by atoms with van der Waals surface area (Å²) in [6, 6.07) is 0.721. The Morgan fingerprint density at radius 3 is 2.73 bits per heavy atom. The average Bonchev–Trinajstić information content (AvgIpc) is 2.59. The van der Waals surface area contributed by atoms with Gasteiger partial charge in [-0.05, 0) is 33.1 Å². The molecule has 1 heterocycles. The van der Waals surface area contributed by atoms with Crippen LogP contribution in [0, 0.1) is 6.92 Å². The SMILES string of the molecule is CCC(C)(NC1CCC1)c1nc(C)cs1. The summed E-state index contributed by atoms with van der Waals surface area (Å²) in [4.78, 5) is 4.62. The Bertz CT molecular complexity index is 330.